The van der Waals surface area contributed by atoms with Crippen molar-refractivity contribution in [3.8, 4) is 0 Å². The predicted molar refractivity (Wildman–Crippen MR) is 113 cm³/mol. The second-order valence-electron chi connectivity index (χ2n) is 7.28. The Hall–Kier alpha value is -2.28. The third-order valence-corrected chi connectivity index (χ3v) is 6.41. The molecular formula is C22H27N3O2S. The first-order chi connectivity index (χ1) is 13.4. The summed E-state index contributed by atoms with van der Waals surface area (Å²) in [6.45, 7) is 1.86. The molecule has 2 aromatic carbocycles. The molecule has 1 aromatic heterocycles. The van der Waals surface area contributed by atoms with Crippen molar-refractivity contribution in [2.24, 2.45) is 5.73 Å². The summed E-state index contributed by atoms with van der Waals surface area (Å²) < 4.78 is 28.2. The van der Waals surface area contributed by atoms with E-state index in [1.807, 2.05) is 25.1 Å². The number of nitrogens with one attached hydrogen (secondary N) is 1. The summed E-state index contributed by atoms with van der Waals surface area (Å²) >= 11 is 0. The van der Waals surface area contributed by atoms with E-state index in [4.69, 9.17) is 5.73 Å². The summed E-state index contributed by atoms with van der Waals surface area (Å²) in [6, 6.07) is 16.9. The van der Waals surface area contributed by atoms with Crippen LogP contribution in [0.5, 0.6) is 0 Å². The minimum absolute atomic E-state index is 0.0379. The summed E-state index contributed by atoms with van der Waals surface area (Å²) in [4.78, 5) is 4.31. The van der Waals surface area contributed by atoms with Crippen molar-refractivity contribution in [3.63, 3.8) is 0 Å². The van der Waals surface area contributed by atoms with Crippen LogP contribution in [0, 0.1) is 0 Å². The molecule has 0 saturated heterocycles. The largest absolute Gasteiger partial charge is 0.328 e. The van der Waals surface area contributed by atoms with Gasteiger partial charge in [-0.05, 0) is 61.8 Å². The van der Waals surface area contributed by atoms with E-state index in [1.54, 1.807) is 36.7 Å². The predicted octanol–water partition coefficient (Wildman–Crippen LogP) is 3.64. The number of sulfonamides is 1. The first-order valence-corrected chi connectivity index (χ1v) is 11.1. The fourth-order valence-electron chi connectivity index (χ4n) is 3.39. The van der Waals surface area contributed by atoms with Crippen molar-refractivity contribution in [2.75, 3.05) is 0 Å². The Balaban J connectivity index is 1.52. The molecule has 0 spiro atoms. The van der Waals surface area contributed by atoms with Crippen molar-refractivity contribution in [1.82, 2.24) is 9.71 Å². The van der Waals surface area contributed by atoms with E-state index in [9.17, 15) is 8.42 Å². The average Bonchev–Trinajstić information content (AvgIpc) is 2.68. The van der Waals surface area contributed by atoms with E-state index >= 15 is 0 Å². The van der Waals surface area contributed by atoms with E-state index in [-0.39, 0.29) is 17.0 Å². The molecule has 5 nitrogen and oxygen atoms in total. The molecule has 0 aliphatic rings. The smallest absolute Gasteiger partial charge is 0.240 e. The molecule has 2 atom stereocenters. The highest BCUT2D eigenvalue weighted by Crippen LogP contribution is 2.19. The number of aromatic nitrogens is 1. The number of pyridine rings is 1. The van der Waals surface area contributed by atoms with E-state index in [1.165, 1.54) is 5.56 Å². The first-order valence-electron chi connectivity index (χ1n) is 9.60. The minimum atomic E-state index is -3.59. The lowest BCUT2D eigenvalue weighted by Gasteiger charge is -2.19. The zero-order valence-corrected chi connectivity index (χ0v) is 16.9. The van der Waals surface area contributed by atoms with Gasteiger partial charge in [0.2, 0.25) is 10.0 Å². The van der Waals surface area contributed by atoms with Gasteiger partial charge in [-0.3, -0.25) is 4.98 Å². The standard InChI is InChI=1S/C22H27N3O2S/c1-17(14-21(23)9-5-8-18-6-3-2-4-7-18)25-28(26,27)22-11-10-20-16-24-13-12-19(20)15-22/h2-4,6-7,10-13,15-17,21,25H,5,8-9,14,23H2,1H3/t17-,21?/m1/s1. The average molecular weight is 398 g/mol. The monoisotopic (exact) mass is 397 g/mol. The van der Waals surface area contributed by atoms with Crippen LogP contribution in [0.1, 0.15) is 31.7 Å². The molecule has 3 aromatic rings. The first kappa shape index (κ1) is 20.5. The molecule has 0 aliphatic heterocycles. The van der Waals surface area contributed by atoms with Gasteiger partial charge in [-0.1, -0.05) is 36.4 Å². The van der Waals surface area contributed by atoms with Crippen LogP contribution in [-0.4, -0.2) is 25.5 Å². The number of nitrogens with zero attached hydrogens (tertiary/aromatic N) is 1. The fourth-order valence-corrected chi connectivity index (χ4v) is 4.69. The van der Waals surface area contributed by atoms with Crippen LogP contribution in [0.3, 0.4) is 0 Å². The lowest BCUT2D eigenvalue weighted by Crippen LogP contribution is -2.37. The van der Waals surface area contributed by atoms with Crippen LogP contribution >= 0.6 is 0 Å². The Bertz CT molecular complexity index is 1010. The Morgan fingerprint density at radius 3 is 2.64 bits per heavy atom. The maximum Gasteiger partial charge on any atom is 0.240 e. The molecule has 0 radical (unpaired) electrons. The normalized spacial score (nSPS) is 14.1. The maximum absolute atomic E-state index is 12.7. The molecule has 0 aliphatic carbocycles. The SMILES string of the molecule is C[C@H](CC(N)CCCc1ccccc1)NS(=O)(=O)c1ccc2cnccc2c1. The lowest BCUT2D eigenvalue weighted by atomic mass is 10.0. The molecule has 3 rings (SSSR count). The van der Waals surface area contributed by atoms with Gasteiger partial charge in [-0.15, -0.1) is 0 Å². The number of rotatable bonds is 9. The zero-order chi connectivity index (χ0) is 20.0. The molecule has 28 heavy (non-hydrogen) atoms. The van der Waals surface area contributed by atoms with Gasteiger partial charge in [-0.25, -0.2) is 13.1 Å². The van der Waals surface area contributed by atoms with Gasteiger partial charge in [0.05, 0.1) is 4.90 Å². The molecule has 3 N–H and O–H groups in total. The Morgan fingerprint density at radius 2 is 1.86 bits per heavy atom. The number of benzene rings is 2. The van der Waals surface area contributed by atoms with Gasteiger partial charge in [0, 0.05) is 29.9 Å². The molecule has 0 saturated carbocycles. The minimum Gasteiger partial charge on any atom is -0.328 e. The second kappa shape index (κ2) is 9.28. The van der Waals surface area contributed by atoms with Gasteiger partial charge >= 0.3 is 0 Å². The topological polar surface area (TPSA) is 85.1 Å². The maximum atomic E-state index is 12.7. The van der Waals surface area contributed by atoms with Crippen molar-refractivity contribution in [2.45, 2.75) is 49.6 Å². The Morgan fingerprint density at radius 1 is 1.07 bits per heavy atom. The van der Waals surface area contributed by atoms with Crippen molar-refractivity contribution in [3.05, 3.63) is 72.6 Å². The number of hydrogen-bond donors (Lipinski definition) is 2. The summed E-state index contributed by atoms with van der Waals surface area (Å²) in [5.74, 6) is 0. The number of hydrogen-bond acceptors (Lipinski definition) is 4. The molecule has 1 heterocycles. The van der Waals surface area contributed by atoms with Gasteiger partial charge in [-0.2, -0.15) is 0 Å². The second-order valence-corrected chi connectivity index (χ2v) is 8.99. The molecule has 6 heteroatoms. The van der Waals surface area contributed by atoms with Crippen molar-refractivity contribution >= 4 is 20.8 Å². The molecular weight excluding hydrogens is 370 g/mol. The van der Waals surface area contributed by atoms with Crippen molar-refractivity contribution in [1.29, 1.82) is 0 Å². The molecule has 0 amide bonds. The Kier molecular flexibility index (Phi) is 6.78. The van der Waals surface area contributed by atoms with Crippen LogP contribution in [-0.2, 0) is 16.4 Å². The van der Waals surface area contributed by atoms with Crippen LogP contribution in [0.25, 0.3) is 10.8 Å². The summed E-state index contributed by atoms with van der Waals surface area (Å²) in [6.07, 6.45) is 6.82. The molecule has 0 bridgehead atoms. The zero-order valence-electron chi connectivity index (χ0n) is 16.1. The van der Waals surface area contributed by atoms with Gasteiger partial charge in [0.15, 0.2) is 0 Å². The molecule has 0 fully saturated rings. The highest BCUT2D eigenvalue weighted by atomic mass is 32.2. The number of aryl methyl sites for hydroxylation is 1. The third kappa shape index (κ3) is 5.61. The fraction of sp³-hybridized carbons (Fsp3) is 0.318. The molecule has 1 unspecified atom stereocenters. The highest BCUT2D eigenvalue weighted by Gasteiger charge is 2.19. The van der Waals surface area contributed by atoms with Gasteiger partial charge < -0.3 is 5.73 Å². The number of fused-ring (bicyclic) bond motifs is 1. The Labute approximate surface area is 167 Å². The summed E-state index contributed by atoms with van der Waals surface area (Å²) in [5, 5.41) is 1.76. The van der Waals surface area contributed by atoms with Gasteiger partial charge in [0.1, 0.15) is 0 Å². The van der Waals surface area contributed by atoms with Crippen LogP contribution in [0.4, 0.5) is 0 Å². The van der Waals surface area contributed by atoms with Crippen LogP contribution in [0.2, 0.25) is 0 Å². The van der Waals surface area contributed by atoms with Crippen molar-refractivity contribution < 1.29 is 8.42 Å². The third-order valence-electron chi connectivity index (χ3n) is 4.82. The van der Waals surface area contributed by atoms with Gasteiger partial charge in [0.25, 0.3) is 0 Å². The van der Waals surface area contributed by atoms with Crippen LogP contribution < -0.4 is 10.5 Å². The van der Waals surface area contributed by atoms with E-state index < -0.39 is 10.0 Å². The lowest BCUT2D eigenvalue weighted by molar-refractivity contribution is 0.475. The summed E-state index contributed by atoms with van der Waals surface area (Å²) in [7, 11) is -3.59. The van der Waals surface area contributed by atoms with E-state index in [0.717, 1.165) is 30.0 Å². The highest BCUT2D eigenvalue weighted by molar-refractivity contribution is 7.89. The van der Waals surface area contributed by atoms with E-state index in [2.05, 4.69) is 21.8 Å². The molecule has 148 valence electrons. The number of nitrogens with two attached hydrogens (primary N) is 1. The quantitative estimate of drug-likeness (QED) is 0.577. The summed E-state index contributed by atoms with van der Waals surface area (Å²) in [5.41, 5.74) is 7.53. The van der Waals surface area contributed by atoms with Crippen LogP contribution in [0.15, 0.2) is 71.9 Å². The van der Waals surface area contributed by atoms with E-state index in [0.29, 0.717) is 6.42 Å².